The molecule has 1 heterocycles. The maximum atomic E-state index is 12.1. The summed E-state index contributed by atoms with van der Waals surface area (Å²) in [5.41, 5.74) is 0.299. The number of carbonyl (C=O) groups excluding carboxylic acids is 3. The van der Waals surface area contributed by atoms with E-state index in [9.17, 15) is 14.4 Å². The minimum absolute atomic E-state index is 0.0649. The summed E-state index contributed by atoms with van der Waals surface area (Å²) in [7, 11) is 0. The van der Waals surface area contributed by atoms with Gasteiger partial charge in [-0.05, 0) is 55.9 Å². The van der Waals surface area contributed by atoms with E-state index in [-0.39, 0.29) is 12.1 Å². The van der Waals surface area contributed by atoms with E-state index in [0.717, 1.165) is 45.1 Å². The molecule has 0 spiro atoms. The maximum absolute atomic E-state index is 12.1. The topological polar surface area (TPSA) is 103 Å². The van der Waals surface area contributed by atoms with Crippen LogP contribution in [0.25, 0.3) is 0 Å². The highest BCUT2D eigenvalue weighted by atomic mass is 16.5. The van der Waals surface area contributed by atoms with Crippen molar-refractivity contribution in [3.05, 3.63) is 29.8 Å². The quantitative estimate of drug-likeness (QED) is 0.660. The highest BCUT2D eigenvalue weighted by Gasteiger charge is 2.23. The molecule has 1 saturated carbocycles. The zero-order valence-electron chi connectivity index (χ0n) is 17.4. The highest BCUT2D eigenvalue weighted by Crippen LogP contribution is 2.23. The number of rotatable bonds is 7. The third-order valence-corrected chi connectivity index (χ3v) is 5.57. The summed E-state index contributed by atoms with van der Waals surface area (Å²) >= 11 is 0. The number of benzene rings is 1. The lowest BCUT2D eigenvalue weighted by Gasteiger charge is -2.29. The van der Waals surface area contributed by atoms with Gasteiger partial charge in [-0.1, -0.05) is 19.8 Å². The van der Waals surface area contributed by atoms with Gasteiger partial charge in [-0.2, -0.15) is 0 Å². The Labute approximate surface area is 176 Å². The molecular weight excluding hydrogens is 388 g/mol. The standard InChI is InChI=1S/C22H30N2O6/c1-15-5-2-3-7-19(15)23-22(27)24-20(25)14-30-21(26)16-8-10-17(11-9-16)29-13-18-6-4-12-28-18/h8-11,15,18-19H,2-7,12-14H2,1H3,(H2,23,24,25,27)/t15-,18-,19-/m0/s1. The first kappa shape index (κ1) is 22.1. The number of ether oxygens (including phenoxy) is 3. The number of hydrogen-bond acceptors (Lipinski definition) is 6. The fourth-order valence-corrected chi connectivity index (χ4v) is 3.76. The molecule has 164 valence electrons. The van der Waals surface area contributed by atoms with Gasteiger partial charge in [0, 0.05) is 12.6 Å². The molecular formula is C22H30N2O6. The van der Waals surface area contributed by atoms with Gasteiger partial charge in [0.15, 0.2) is 6.61 Å². The van der Waals surface area contributed by atoms with Crippen LogP contribution in [-0.4, -0.2) is 49.9 Å². The van der Waals surface area contributed by atoms with E-state index in [1.54, 1.807) is 24.3 Å². The van der Waals surface area contributed by atoms with Crippen LogP contribution in [0.3, 0.4) is 0 Å². The fourth-order valence-electron chi connectivity index (χ4n) is 3.76. The van der Waals surface area contributed by atoms with Crippen LogP contribution >= 0.6 is 0 Å². The van der Waals surface area contributed by atoms with E-state index in [4.69, 9.17) is 14.2 Å². The van der Waals surface area contributed by atoms with Crippen LogP contribution in [0.2, 0.25) is 0 Å². The van der Waals surface area contributed by atoms with Gasteiger partial charge in [0.2, 0.25) is 0 Å². The summed E-state index contributed by atoms with van der Waals surface area (Å²) in [4.78, 5) is 36.0. The molecule has 3 atom stereocenters. The van der Waals surface area contributed by atoms with Gasteiger partial charge < -0.3 is 19.5 Å². The van der Waals surface area contributed by atoms with Gasteiger partial charge in [-0.3, -0.25) is 10.1 Å². The molecule has 0 aromatic heterocycles. The molecule has 2 N–H and O–H groups in total. The fraction of sp³-hybridized carbons (Fsp3) is 0.591. The van der Waals surface area contributed by atoms with Gasteiger partial charge in [-0.25, -0.2) is 9.59 Å². The lowest BCUT2D eigenvalue weighted by atomic mass is 9.86. The van der Waals surface area contributed by atoms with Crippen LogP contribution in [-0.2, 0) is 14.3 Å². The van der Waals surface area contributed by atoms with Crippen LogP contribution in [0.1, 0.15) is 55.8 Å². The first-order valence-corrected chi connectivity index (χ1v) is 10.6. The molecule has 8 nitrogen and oxygen atoms in total. The molecule has 1 aliphatic carbocycles. The van der Waals surface area contributed by atoms with E-state index in [0.29, 0.717) is 23.8 Å². The summed E-state index contributed by atoms with van der Waals surface area (Å²) in [5, 5.41) is 5.03. The maximum Gasteiger partial charge on any atom is 0.338 e. The highest BCUT2D eigenvalue weighted by molar-refractivity contribution is 5.97. The second-order valence-electron chi connectivity index (χ2n) is 7.94. The lowest BCUT2D eigenvalue weighted by Crippen LogP contribution is -2.48. The Bertz CT molecular complexity index is 730. The van der Waals surface area contributed by atoms with Gasteiger partial charge in [0.25, 0.3) is 5.91 Å². The monoisotopic (exact) mass is 418 g/mol. The van der Waals surface area contributed by atoms with Crippen molar-refractivity contribution in [3.63, 3.8) is 0 Å². The molecule has 0 radical (unpaired) electrons. The van der Waals surface area contributed by atoms with E-state index in [1.807, 2.05) is 0 Å². The molecule has 3 rings (SSSR count). The Morgan fingerprint density at radius 3 is 2.53 bits per heavy atom. The largest absolute Gasteiger partial charge is 0.491 e. The zero-order valence-corrected chi connectivity index (χ0v) is 17.4. The van der Waals surface area contributed by atoms with Crippen LogP contribution in [0.5, 0.6) is 5.75 Å². The van der Waals surface area contributed by atoms with Crippen molar-refractivity contribution in [1.82, 2.24) is 10.6 Å². The summed E-state index contributed by atoms with van der Waals surface area (Å²) in [6.45, 7) is 2.82. The van der Waals surface area contributed by atoms with Crippen molar-refractivity contribution in [1.29, 1.82) is 0 Å². The third kappa shape index (κ3) is 6.73. The van der Waals surface area contributed by atoms with Crippen molar-refractivity contribution in [2.75, 3.05) is 19.8 Å². The SMILES string of the molecule is C[C@H]1CCCC[C@@H]1NC(=O)NC(=O)COC(=O)c1ccc(OC[C@@H]2CCCO2)cc1. The number of nitrogens with one attached hydrogen (secondary N) is 2. The van der Waals surface area contributed by atoms with Crippen LogP contribution in [0.15, 0.2) is 24.3 Å². The molecule has 8 heteroatoms. The van der Waals surface area contributed by atoms with Gasteiger partial charge in [0.1, 0.15) is 12.4 Å². The minimum atomic E-state index is -0.666. The Morgan fingerprint density at radius 2 is 1.83 bits per heavy atom. The summed E-state index contributed by atoms with van der Waals surface area (Å²) in [6, 6.07) is 6.00. The van der Waals surface area contributed by atoms with Gasteiger partial charge >= 0.3 is 12.0 Å². The molecule has 0 bridgehead atoms. The molecule has 0 unspecified atom stereocenters. The Morgan fingerprint density at radius 1 is 1.07 bits per heavy atom. The second kappa shape index (κ2) is 11.0. The first-order chi connectivity index (χ1) is 14.5. The normalized spacial score (nSPS) is 23.4. The minimum Gasteiger partial charge on any atom is -0.491 e. The number of esters is 1. The zero-order chi connectivity index (χ0) is 21.3. The van der Waals surface area contributed by atoms with Gasteiger partial charge in [-0.15, -0.1) is 0 Å². The number of carbonyl (C=O) groups is 3. The third-order valence-electron chi connectivity index (χ3n) is 5.57. The predicted octanol–water partition coefficient (Wildman–Crippen LogP) is 2.81. The summed E-state index contributed by atoms with van der Waals surface area (Å²) in [6.07, 6.45) is 6.36. The van der Waals surface area contributed by atoms with Crippen LogP contribution < -0.4 is 15.4 Å². The van der Waals surface area contributed by atoms with Crippen molar-refractivity contribution >= 4 is 17.9 Å². The predicted molar refractivity (Wildman–Crippen MR) is 109 cm³/mol. The van der Waals surface area contributed by atoms with Crippen molar-refractivity contribution in [3.8, 4) is 5.75 Å². The molecule has 1 aromatic carbocycles. The average Bonchev–Trinajstić information content (AvgIpc) is 3.26. The summed E-state index contributed by atoms with van der Waals surface area (Å²) in [5.74, 6) is -0.290. The first-order valence-electron chi connectivity index (χ1n) is 10.6. The van der Waals surface area contributed by atoms with Crippen LogP contribution in [0, 0.1) is 5.92 Å². The lowest BCUT2D eigenvalue weighted by molar-refractivity contribution is -0.123. The Kier molecular flexibility index (Phi) is 8.07. The van der Waals surface area contributed by atoms with Crippen molar-refractivity contribution < 1.29 is 28.6 Å². The number of imide groups is 1. The van der Waals surface area contributed by atoms with E-state index < -0.39 is 24.5 Å². The van der Waals surface area contributed by atoms with Crippen molar-refractivity contribution in [2.45, 2.75) is 57.6 Å². The molecule has 2 aliphatic rings. The smallest absolute Gasteiger partial charge is 0.338 e. The number of amides is 3. The molecule has 1 saturated heterocycles. The molecule has 2 fully saturated rings. The average molecular weight is 418 g/mol. The summed E-state index contributed by atoms with van der Waals surface area (Å²) < 4.78 is 16.1. The molecule has 1 aliphatic heterocycles. The van der Waals surface area contributed by atoms with Crippen molar-refractivity contribution in [2.24, 2.45) is 5.92 Å². The van der Waals surface area contributed by atoms with E-state index in [2.05, 4.69) is 17.6 Å². The molecule has 1 aromatic rings. The van der Waals surface area contributed by atoms with Gasteiger partial charge in [0.05, 0.1) is 11.7 Å². The number of hydrogen-bond donors (Lipinski definition) is 2. The van der Waals surface area contributed by atoms with E-state index >= 15 is 0 Å². The molecule has 30 heavy (non-hydrogen) atoms. The van der Waals surface area contributed by atoms with Crippen LogP contribution in [0.4, 0.5) is 4.79 Å². The molecule has 3 amide bonds. The Hall–Kier alpha value is -2.61. The van der Waals surface area contributed by atoms with E-state index in [1.165, 1.54) is 0 Å². The second-order valence-corrected chi connectivity index (χ2v) is 7.94. The number of urea groups is 1. The Balaban J connectivity index is 1.36.